The molecule has 0 spiro atoms. The van der Waals surface area contributed by atoms with Gasteiger partial charge in [0.2, 0.25) is 0 Å². The van der Waals surface area contributed by atoms with Gasteiger partial charge in [0.15, 0.2) is 5.96 Å². The molecule has 0 aliphatic carbocycles. The normalized spacial score (nSPS) is 13.0. The molecule has 0 fully saturated rings. The number of nitrogens with one attached hydrogen (secondary N) is 1. The van der Waals surface area contributed by atoms with Crippen molar-refractivity contribution in [3.63, 3.8) is 0 Å². The van der Waals surface area contributed by atoms with Gasteiger partial charge in [-0.3, -0.25) is 9.89 Å². The fourth-order valence-electron chi connectivity index (χ4n) is 2.16. The van der Waals surface area contributed by atoms with Gasteiger partial charge < -0.3 is 11.1 Å². The Labute approximate surface area is 158 Å². The van der Waals surface area contributed by atoms with E-state index in [1.165, 1.54) is 5.56 Å². The van der Waals surface area contributed by atoms with Crippen LogP contribution in [0.25, 0.3) is 0 Å². The topological polar surface area (TPSA) is 53.6 Å². The smallest absolute Gasteiger partial charge is 0.188 e. The van der Waals surface area contributed by atoms with Crippen molar-refractivity contribution in [1.82, 2.24) is 10.2 Å². The highest BCUT2D eigenvalue weighted by molar-refractivity contribution is 14.0. The molecule has 5 heteroatoms. The predicted octanol–water partition coefficient (Wildman–Crippen LogP) is 3.47. The van der Waals surface area contributed by atoms with E-state index < -0.39 is 0 Å². The Kier molecular flexibility index (Phi) is 12.1. The minimum Gasteiger partial charge on any atom is -0.370 e. The van der Waals surface area contributed by atoms with Crippen LogP contribution in [0.15, 0.2) is 35.3 Å². The summed E-state index contributed by atoms with van der Waals surface area (Å²) < 4.78 is 0. The van der Waals surface area contributed by atoms with Crippen LogP contribution in [-0.4, -0.2) is 37.0 Å². The largest absolute Gasteiger partial charge is 0.370 e. The monoisotopic (exact) mass is 432 g/mol. The average molecular weight is 432 g/mol. The summed E-state index contributed by atoms with van der Waals surface area (Å²) in [4.78, 5) is 6.76. The number of benzene rings is 1. The zero-order valence-electron chi connectivity index (χ0n) is 15.0. The molecule has 0 amide bonds. The van der Waals surface area contributed by atoms with Crippen molar-refractivity contribution in [3.8, 4) is 0 Å². The summed E-state index contributed by atoms with van der Waals surface area (Å²) >= 11 is 0. The zero-order chi connectivity index (χ0) is 16.4. The van der Waals surface area contributed by atoms with Crippen LogP contribution in [0.2, 0.25) is 0 Å². The van der Waals surface area contributed by atoms with Gasteiger partial charge in [-0.1, -0.05) is 44.2 Å². The van der Waals surface area contributed by atoms with E-state index in [4.69, 9.17) is 5.73 Å². The minimum absolute atomic E-state index is 0. The molecule has 0 heterocycles. The van der Waals surface area contributed by atoms with Gasteiger partial charge >= 0.3 is 0 Å². The second-order valence-electron chi connectivity index (χ2n) is 6.41. The van der Waals surface area contributed by atoms with Crippen molar-refractivity contribution in [1.29, 1.82) is 0 Å². The first-order valence-corrected chi connectivity index (χ1v) is 8.27. The molecule has 0 bridgehead atoms. The summed E-state index contributed by atoms with van der Waals surface area (Å²) in [6, 6.07) is 11.0. The summed E-state index contributed by atoms with van der Waals surface area (Å²) in [7, 11) is 2.16. The van der Waals surface area contributed by atoms with Gasteiger partial charge in [-0.15, -0.1) is 24.0 Å². The maximum absolute atomic E-state index is 5.87. The van der Waals surface area contributed by atoms with Crippen LogP contribution in [-0.2, 0) is 6.54 Å². The Balaban J connectivity index is 0.00000484. The lowest BCUT2D eigenvalue weighted by Crippen LogP contribution is -2.34. The molecular weight excluding hydrogens is 399 g/mol. The Morgan fingerprint density at radius 1 is 1.17 bits per heavy atom. The second-order valence-corrected chi connectivity index (χ2v) is 6.41. The van der Waals surface area contributed by atoms with Crippen molar-refractivity contribution < 1.29 is 0 Å². The third kappa shape index (κ3) is 10.5. The highest BCUT2D eigenvalue weighted by atomic mass is 127. The minimum atomic E-state index is 0. The van der Waals surface area contributed by atoms with Crippen LogP contribution in [0.3, 0.4) is 0 Å². The molecule has 132 valence electrons. The predicted molar refractivity (Wildman–Crippen MR) is 111 cm³/mol. The standard InChI is InChI=1S/C18H32N4.HI/c1-15(2)10-12-20-18(19)21-13-11-16(3)22(4)14-17-8-6-5-7-9-17;/h5-9,15-16H,10-14H2,1-4H3,(H3,19,20,21);1H. The van der Waals surface area contributed by atoms with E-state index in [1.807, 2.05) is 0 Å². The van der Waals surface area contributed by atoms with E-state index in [0.29, 0.717) is 17.9 Å². The molecule has 3 N–H and O–H groups in total. The Morgan fingerprint density at radius 3 is 2.43 bits per heavy atom. The average Bonchev–Trinajstić information content (AvgIpc) is 2.47. The van der Waals surface area contributed by atoms with Crippen molar-refractivity contribution >= 4 is 29.9 Å². The maximum atomic E-state index is 5.87. The number of nitrogens with zero attached hydrogens (tertiary/aromatic N) is 2. The molecule has 1 atom stereocenters. The van der Waals surface area contributed by atoms with E-state index >= 15 is 0 Å². The molecule has 0 saturated heterocycles. The quantitative estimate of drug-likeness (QED) is 0.357. The van der Waals surface area contributed by atoms with E-state index in [0.717, 1.165) is 32.5 Å². The van der Waals surface area contributed by atoms with Gasteiger partial charge in [0.25, 0.3) is 0 Å². The van der Waals surface area contributed by atoms with E-state index in [2.05, 4.69) is 73.4 Å². The molecule has 1 aromatic carbocycles. The van der Waals surface area contributed by atoms with Gasteiger partial charge in [-0.25, -0.2) is 0 Å². The lowest BCUT2D eigenvalue weighted by atomic mass is 10.1. The first-order valence-electron chi connectivity index (χ1n) is 8.27. The second kappa shape index (κ2) is 12.6. The first-order chi connectivity index (χ1) is 10.5. The number of rotatable bonds is 9. The van der Waals surface area contributed by atoms with Gasteiger partial charge in [0.05, 0.1) is 0 Å². The summed E-state index contributed by atoms with van der Waals surface area (Å²) in [5.41, 5.74) is 7.21. The van der Waals surface area contributed by atoms with Crippen molar-refractivity contribution in [3.05, 3.63) is 35.9 Å². The lowest BCUT2D eigenvalue weighted by Gasteiger charge is -2.24. The molecular formula is C18H33IN4. The number of hydrogen-bond donors (Lipinski definition) is 2. The van der Waals surface area contributed by atoms with Crippen molar-refractivity contribution in [2.45, 2.75) is 46.2 Å². The van der Waals surface area contributed by atoms with E-state index in [9.17, 15) is 0 Å². The fraction of sp³-hybridized carbons (Fsp3) is 0.611. The maximum Gasteiger partial charge on any atom is 0.188 e. The number of halogens is 1. The van der Waals surface area contributed by atoms with Crippen molar-refractivity contribution in [2.24, 2.45) is 16.6 Å². The molecule has 0 radical (unpaired) electrons. The zero-order valence-corrected chi connectivity index (χ0v) is 17.3. The van der Waals surface area contributed by atoms with Crippen molar-refractivity contribution in [2.75, 3.05) is 20.1 Å². The molecule has 23 heavy (non-hydrogen) atoms. The van der Waals surface area contributed by atoms with E-state index in [-0.39, 0.29) is 24.0 Å². The molecule has 4 nitrogen and oxygen atoms in total. The third-order valence-corrected chi connectivity index (χ3v) is 3.88. The molecule has 0 aromatic heterocycles. The van der Waals surface area contributed by atoms with Crippen LogP contribution in [0.1, 0.15) is 39.2 Å². The highest BCUT2D eigenvalue weighted by Gasteiger charge is 2.09. The lowest BCUT2D eigenvalue weighted by molar-refractivity contribution is 0.240. The van der Waals surface area contributed by atoms with Gasteiger partial charge in [-0.05, 0) is 38.3 Å². The molecule has 0 aliphatic rings. The summed E-state index contributed by atoms with van der Waals surface area (Å²) in [5.74, 6) is 1.26. The van der Waals surface area contributed by atoms with Crippen LogP contribution in [0.5, 0.6) is 0 Å². The Bertz CT molecular complexity index is 434. The SMILES string of the molecule is CC(C)CCNC(N)=NCCC(C)N(C)Cc1ccccc1.I. The van der Waals surface area contributed by atoms with Crippen LogP contribution < -0.4 is 11.1 Å². The number of guanidine groups is 1. The fourth-order valence-corrected chi connectivity index (χ4v) is 2.16. The number of aliphatic imine (C=N–C) groups is 1. The number of nitrogens with two attached hydrogens (primary N) is 1. The third-order valence-electron chi connectivity index (χ3n) is 3.88. The summed E-state index contributed by atoms with van der Waals surface area (Å²) in [5, 5.41) is 3.17. The molecule has 1 unspecified atom stereocenters. The number of hydrogen-bond acceptors (Lipinski definition) is 2. The van der Waals surface area contributed by atoms with Crippen LogP contribution in [0.4, 0.5) is 0 Å². The molecule has 0 aliphatic heterocycles. The highest BCUT2D eigenvalue weighted by Crippen LogP contribution is 2.08. The first kappa shape index (κ1) is 22.2. The molecule has 1 rings (SSSR count). The Morgan fingerprint density at radius 2 is 1.83 bits per heavy atom. The van der Waals surface area contributed by atoms with Crippen LogP contribution in [0, 0.1) is 5.92 Å². The Hall–Kier alpha value is -0.820. The van der Waals surface area contributed by atoms with Gasteiger partial charge in [-0.2, -0.15) is 0 Å². The van der Waals surface area contributed by atoms with Gasteiger partial charge in [0, 0.05) is 25.7 Å². The van der Waals surface area contributed by atoms with Gasteiger partial charge in [0.1, 0.15) is 0 Å². The molecule has 0 saturated carbocycles. The molecule has 1 aromatic rings. The summed E-state index contributed by atoms with van der Waals surface area (Å²) in [6.45, 7) is 9.28. The van der Waals surface area contributed by atoms with Crippen LogP contribution >= 0.6 is 24.0 Å². The summed E-state index contributed by atoms with van der Waals surface area (Å²) in [6.07, 6.45) is 2.13. The van der Waals surface area contributed by atoms with E-state index in [1.54, 1.807) is 0 Å².